The summed E-state index contributed by atoms with van der Waals surface area (Å²) in [5, 5.41) is 13.8. The molecule has 12 heteroatoms. The highest BCUT2D eigenvalue weighted by Gasteiger charge is 2.26. The molecule has 0 atom stereocenters. The van der Waals surface area contributed by atoms with Crippen molar-refractivity contribution in [2.24, 2.45) is 5.10 Å². The molecule has 1 heterocycles. The van der Waals surface area contributed by atoms with Crippen LogP contribution in [0.2, 0.25) is 0 Å². The Labute approximate surface area is 275 Å². The number of hydrogen-bond acceptors (Lipinski definition) is 8. The van der Waals surface area contributed by atoms with Crippen LogP contribution in [0.3, 0.4) is 0 Å². The number of nitrogens with one attached hydrogen (secondary N) is 3. The van der Waals surface area contributed by atoms with Gasteiger partial charge in [0.25, 0.3) is 17.7 Å². The van der Waals surface area contributed by atoms with Crippen LogP contribution in [0.25, 0.3) is 6.08 Å². The molecular weight excluding hydrogens is 618 g/mol. The maximum atomic E-state index is 13.6. The quantitative estimate of drug-likeness (QED) is 0.152. The van der Waals surface area contributed by atoms with E-state index in [4.69, 9.17) is 9.47 Å². The van der Waals surface area contributed by atoms with Crippen LogP contribution in [0.15, 0.2) is 119 Å². The van der Waals surface area contributed by atoms with Crippen molar-refractivity contribution in [3.05, 3.63) is 120 Å². The lowest BCUT2D eigenvalue weighted by Gasteiger charge is -2.13. The molecule has 0 aromatic heterocycles. The molecule has 47 heavy (non-hydrogen) atoms. The zero-order valence-corrected chi connectivity index (χ0v) is 26.4. The van der Waals surface area contributed by atoms with E-state index in [0.29, 0.717) is 38.9 Å². The summed E-state index contributed by atoms with van der Waals surface area (Å²) in [5.74, 6) is -0.273. The monoisotopic (exact) mass is 649 g/mol. The van der Waals surface area contributed by atoms with E-state index >= 15 is 0 Å². The number of thioether (sulfide) groups is 1. The van der Waals surface area contributed by atoms with Crippen LogP contribution in [-0.2, 0) is 14.4 Å². The summed E-state index contributed by atoms with van der Waals surface area (Å²) in [7, 11) is 3.03. The zero-order valence-electron chi connectivity index (χ0n) is 25.6. The van der Waals surface area contributed by atoms with Gasteiger partial charge in [-0.05, 0) is 66.7 Å². The van der Waals surface area contributed by atoms with E-state index in [-0.39, 0.29) is 35.5 Å². The smallest absolute Gasteiger partial charge is 0.272 e. The van der Waals surface area contributed by atoms with E-state index in [1.54, 1.807) is 97.1 Å². The Hall–Kier alpha value is -5.88. The number of carbonyl (C=O) groups is 4. The Balaban J connectivity index is 1.27. The number of rotatable bonds is 11. The van der Waals surface area contributed by atoms with Crippen molar-refractivity contribution in [1.29, 1.82) is 0 Å². The van der Waals surface area contributed by atoms with Gasteiger partial charge in [0.2, 0.25) is 5.91 Å². The van der Waals surface area contributed by atoms with E-state index in [1.165, 1.54) is 37.1 Å². The van der Waals surface area contributed by atoms with E-state index in [1.807, 2.05) is 6.07 Å². The summed E-state index contributed by atoms with van der Waals surface area (Å²) < 4.78 is 10.8. The third-order valence-electron chi connectivity index (χ3n) is 6.79. The number of methoxy groups -OCH3 is 2. The number of hydrazone groups is 1. The Morgan fingerprint density at radius 2 is 1.62 bits per heavy atom. The highest BCUT2D eigenvalue weighted by molar-refractivity contribution is 8.00. The first-order valence-electron chi connectivity index (χ1n) is 14.4. The molecule has 4 amide bonds. The van der Waals surface area contributed by atoms with Crippen LogP contribution in [0.5, 0.6) is 11.5 Å². The number of hydrogen-bond donors (Lipinski definition) is 3. The summed E-state index contributed by atoms with van der Waals surface area (Å²) in [6.07, 6.45) is 1.50. The minimum atomic E-state index is -0.578. The van der Waals surface area contributed by atoms with Gasteiger partial charge in [-0.25, -0.2) is 0 Å². The molecule has 0 fully saturated rings. The van der Waals surface area contributed by atoms with Gasteiger partial charge in [-0.3, -0.25) is 19.2 Å². The molecule has 1 aliphatic rings. The Bertz CT molecular complexity index is 1850. The molecule has 0 radical (unpaired) electrons. The molecule has 3 N–H and O–H groups in total. The highest BCUT2D eigenvalue weighted by Crippen LogP contribution is 2.27. The largest absolute Gasteiger partial charge is 0.497 e. The van der Waals surface area contributed by atoms with Gasteiger partial charge < -0.3 is 25.4 Å². The van der Waals surface area contributed by atoms with Crippen molar-refractivity contribution in [3.8, 4) is 11.5 Å². The van der Waals surface area contributed by atoms with Crippen LogP contribution >= 0.6 is 11.8 Å². The standard InChI is InChI=1S/C35H31N5O6S/c1-45-27-16-17-30(46-2)24(18-27)19-29(37-34(43)23-10-5-3-6-11-23)35(44)36-25-12-9-15-28(20-25)47-22-32(41)38-31-21-33(42)40(39-31)26-13-7-4-8-14-26/h3-20H,21-22H2,1-2H3,(H,36,44)(H,37,43)(H,38,39,41)/b29-19+. The van der Waals surface area contributed by atoms with Gasteiger partial charge in [0.15, 0.2) is 0 Å². The summed E-state index contributed by atoms with van der Waals surface area (Å²) in [6.45, 7) is 0. The molecule has 238 valence electrons. The van der Waals surface area contributed by atoms with Gasteiger partial charge in [-0.2, -0.15) is 10.1 Å². The van der Waals surface area contributed by atoms with Crippen LogP contribution < -0.4 is 30.4 Å². The first kappa shape index (κ1) is 32.5. The van der Waals surface area contributed by atoms with Crippen molar-refractivity contribution >= 4 is 58.7 Å². The average Bonchev–Trinajstić information content (AvgIpc) is 3.47. The number of amides is 4. The molecule has 0 unspecified atom stereocenters. The number of amidine groups is 1. The number of nitrogens with zero attached hydrogens (tertiary/aromatic N) is 2. The van der Waals surface area contributed by atoms with Crippen LogP contribution in [-0.4, -0.2) is 49.4 Å². The second kappa shape index (κ2) is 15.4. The first-order valence-corrected chi connectivity index (χ1v) is 15.4. The normalized spacial score (nSPS) is 12.6. The van der Waals surface area contributed by atoms with Crippen molar-refractivity contribution in [2.45, 2.75) is 11.3 Å². The van der Waals surface area contributed by atoms with E-state index in [2.05, 4.69) is 21.1 Å². The Morgan fingerprint density at radius 1 is 0.872 bits per heavy atom. The predicted molar refractivity (Wildman–Crippen MR) is 181 cm³/mol. The molecule has 5 rings (SSSR count). The minimum Gasteiger partial charge on any atom is -0.497 e. The zero-order chi connectivity index (χ0) is 33.2. The fourth-order valence-electron chi connectivity index (χ4n) is 4.53. The minimum absolute atomic E-state index is 0.00881. The summed E-state index contributed by atoms with van der Waals surface area (Å²) in [5.41, 5.74) is 1.93. The maximum absolute atomic E-state index is 13.6. The summed E-state index contributed by atoms with van der Waals surface area (Å²) >= 11 is 1.25. The van der Waals surface area contributed by atoms with Crippen molar-refractivity contribution < 1.29 is 28.7 Å². The topological polar surface area (TPSA) is 138 Å². The van der Waals surface area contributed by atoms with Crippen molar-refractivity contribution in [2.75, 3.05) is 30.3 Å². The molecule has 0 aliphatic carbocycles. The fourth-order valence-corrected chi connectivity index (χ4v) is 5.28. The fraction of sp³-hybridized carbons (Fsp3) is 0.114. The highest BCUT2D eigenvalue weighted by atomic mass is 32.2. The summed E-state index contributed by atoms with van der Waals surface area (Å²) in [4.78, 5) is 52.4. The third-order valence-corrected chi connectivity index (χ3v) is 7.78. The van der Waals surface area contributed by atoms with Gasteiger partial charge in [0.1, 0.15) is 23.0 Å². The van der Waals surface area contributed by atoms with Crippen LogP contribution in [0, 0.1) is 0 Å². The van der Waals surface area contributed by atoms with Gasteiger partial charge >= 0.3 is 0 Å². The van der Waals surface area contributed by atoms with Crippen LogP contribution in [0.4, 0.5) is 11.4 Å². The van der Waals surface area contributed by atoms with Crippen molar-refractivity contribution in [1.82, 2.24) is 10.6 Å². The molecule has 0 saturated carbocycles. The second-order valence-electron chi connectivity index (χ2n) is 10.1. The lowest BCUT2D eigenvalue weighted by atomic mass is 10.1. The number of para-hydroxylation sites is 1. The molecule has 4 aromatic rings. The molecule has 0 saturated heterocycles. The van der Waals surface area contributed by atoms with E-state index in [9.17, 15) is 19.2 Å². The second-order valence-corrected chi connectivity index (χ2v) is 11.1. The Morgan fingerprint density at radius 3 is 2.34 bits per heavy atom. The molecule has 1 aliphatic heterocycles. The summed E-state index contributed by atoms with van der Waals surface area (Å²) in [6, 6.07) is 29.6. The molecule has 4 aromatic carbocycles. The van der Waals surface area contributed by atoms with Gasteiger partial charge in [0.05, 0.1) is 32.1 Å². The lowest BCUT2D eigenvalue weighted by Crippen LogP contribution is -2.31. The van der Waals surface area contributed by atoms with Gasteiger partial charge in [0, 0.05) is 21.7 Å². The molecule has 0 bridgehead atoms. The first-order chi connectivity index (χ1) is 22.8. The van der Waals surface area contributed by atoms with Crippen LogP contribution in [0.1, 0.15) is 22.3 Å². The van der Waals surface area contributed by atoms with Crippen molar-refractivity contribution in [3.63, 3.8) is 0 Å². The SMILES string of the molecule is COc1ccc(OC)c(/C=C(/NC(=O)c2ccccc2)C(=O)Nc2cccc(SCC(=O)NC3=NN(c4ccccc4)C(=O)C3)c2)c1. The predicted octanol–water partition coefficient (Wildman–Crippen LogP) is 5.07. The van der Waals surface area contributed by atoms with E-state index in [0.717, 1.165) is 0 Å². The number of benzene rings is 4. The van der Waals surface area contributed by atoms with Gasteiger partial charge in [-0.1, -0.05) is 42.5 Å². The lowest BCUT2D eigenvalue weighted by molar-refractivity contribution is -0.117. The average molecular weight is 650 g/mol. The number of carbonyl (C=O) groups excluding carboxylic acids is 4. The molecule has 11 nitrogen and oxygen atoms in total. The molecule has 0 spiro atoms. The number of ether oxygens (including phenoxy) is 2. The Kier molecular flexibility index (Phi) is 10.7. The number of anilines is 2. The maximum Gasteiger partial charge on any atom is 0.272 e. The van der Waals surface area contributed by atoms with Gasteiger partial charge in [-0.15, -0.1) is 11.8 Å². The molecular formula is C35H31N5O6S. The third kappa shape index (κ3) is 8.65. The van der Waals surface area contributed by atoms with E-state index < -0.39 is 11.8 Å².